The van der Waals surface area contributed by atoms with E-state index in [0.29, 0.717) is 13.0 Å². The highest BCUT2D eigenvalue weighted by Gasteiger charge is 2.10. The lowest BCUT2D eigenvalue weighted by molar-refractivity contribution is -0.121. The summed E-state index contributed by atoms with van der Waals surface area (Å²) in [5.41, 5.74) is 0.886. The first-order chi connectivity index (χ1) is 8.17. The van der Waals surface area contributed by atoms with Gasteiger partial charge in [0, 0.05) is 18.7 Å². The maximum Gasteiger partial charge on any atom is 0.224 e. The smallest absolute Gasteiger partial charge is 0.224 e. The lowest BCUT2D eigenvalue weighted by Gasteiger charge is -2.13. The highest BCUT2D eigenvalue weighted by molar-refractivity contribution is 5.79. The number of rotatable bonds is 6. The summed E-state index contributed by atoms with van der Waals surface area (Å²) in [5.74, 6) is 0.709. The molecular weight excluding hydrogens is 218 g/mol. The van der Waals surface area contributed by atoms with E-state index in [2.05, 4.69) is 5.32 Å². The van der Waals surface area contributed by atoms with E-state index < -0.39 is 0 Å². The number of carbonyl (C=O) groups is 1. The van der Waals surface area contributed by atoms with Crippen molar-refractivity contribution in [1.82, 2.24) is 5.32 Å². The molecule has 1 rings (SSSR count). The third-order valence-electron chi connectivity index (χ3n) is 2.37. The van der Waals surface area contributed by atoms with Gasteiger partial charge >= 0.3 is 0 Å². The molecule has 4 nitrogen and oxygen atoms in total. The lowest BCUT2D eigenvalue weighted by Crippen LogP contribution is -2.36. The van der Waals surface area contributed by atoms with Crippen LogP contribution in [0.25, 0.3) is 0 Å². The predicted molar refractivity (Wildman–Crippen MR) is 66.2 cm³/mol. The van der Waals surface area contributed by atoms with Crippen LogP contribution < -0.4 is 10.1 Å². The molecule has 1 atom stereocenters. The standard InChI is InChI=1S/C13H19NO3/c1-10(9-16-2)14-13(15)8-11-6-4-5-7-12(11)17-3/h4-7,10H,8-9H2,1-3H3,(H,14,15). The SMILES string of the molecule is COCC(C)NC(=O)Cc1ccccc1OC. The molecule has 4 heteroatoms. The van der Waals surface area contributed by atoms with Gasteiger partial charge in [0.1, 0.15) is 5.75 Å². The third kappa shape index (κ3) is 4.44. The van der Waals surface area contributed by atoms with Gasteiger partial charge in [0.25, 0.3) is 0 Å². The van der Waals surface area contributed by atoms with Crippen LogP contribution in [0.4, 0.5) is 0 Å². The van der Waals surface area contributed by atoms with Crippen LogP contribution in [-0.2, 0) is 16.0 Å². The van der Waals surface area contributed by atoms with Crippen LogP contribution in [0.5, 0.6) is 5.75 Å². The first kappa shape index (κ1) is 13.5. The Morgan fingerprint density at radius 2 is 2.06 bits per heavy atom. The Balaban J connectivity index is 2.55. The van der Waals surface area contributed by atoms with Gasteiger partial charge in [-0.15, -0.1) is 0 Å². The number of hydrogen-bond donors (Lipinski definition) is 1. The third-order valence-corrected chi connectivity index (χ3v) is 2.37. The average Bonchev–Trinajstić information content (AvgIpc) is 2.29. The van der Waals surface area contributed by atoms with Crippen molar-refractivity contribution in [2.45, 2.75) is 19.4 Å². The van der Waals surface area contributed by atoms with Crippen LogP contribution in [0, 0.1) is 0 Å². The first-order valence-electron chi connectivity index (χ1n) is 5.57. The topological polar surface area (TPSA) is 47.6 Å². The molecule has 0 radical (unpaired) electrons. The normalized spacial score (nSPS) is 11.9. The fourth-order valence-corrected chi connectivity index (χ4v) is 1.64. The van der Waals surface area contributed by atoms with Gasteiger partial charge in [-0.2, -0.15) is 0 Å². The van der Waals surface area contributed by atoms with Crippen molar-refractivity contribution in [3.8, 4) is 5.75 Å². The van der Waals surface area contributed by atoms with Gasteiger partial charge in [0.2, 0.25) is 5.91 Å². The molecule has 0 saturated heterocycles. The molecule has 0 aliphatic heterocycles. The fourth-order valence-electron chi connectivity index (χ4n) is 1.64. The number of benzene rings is 1. The molecule has 94 valence electrons. The monoisotopic (exact) mass is 237 g/mol. The van der Waals surface area contributed by atoms with Gasteiger partial charge in [0.05, 0.1) is 20.1 Å². The summed E-state index contributed by atoms with van der Waals surface area (Å²) in [7, 11) is 3.22. The van der Waals surface area contributed by atoms with Crippen LogP contribution in [0.15, 0.2) is 24.3 Å². The van der Waals surface area contributed by atoms with E-state index in [1.54, 1.807) is 14.2 Å². The zero-order valence-corrected chi connectivity index (χ0v) is 10.5. The highest BCUT2D eigenvalue weighted by atomic mass is 16.5. The van der Waals surface area contributed by atoms with Gasteiger partial charge in [-0.05, 0) is 13.0 Å². The molecular formula is C13H19NO3. The molecule has 1 aromatic rings. The number of amides is 1. The molecule has 0 fully saturated rings. The van der Waals surface area contributed by atoms with E-state index >= 15 is 0 Å². The van der Waals surface area contributed by atoms with E-state index in [1.807, 2.05) is 31.2 Å². The number of para-hydroxylation sites is 1. The summed E-state index contributed by atoms with van der Waals surface area (Å²) < 4.78 is 10.2. The van der Waals surface area contributed by atoms with Crippen LogP contribution in [0.2, 0.25) is 0 Å². The van der Waals surface area contributed by atoms with Crippen LogP contribution in [-0.4, -0.2) is 32.8 Å². The summed E-state index contributed by atoms with van der Waals surface area (Å²) in [5, 5.41) is 2.86. The van der Waals surface area contributed by atoms with Gasteiger partial charge in [-0.25, -0.2) is 0 Å². The Morgan fingerprint density at radius 3 is 2.71 bits per heavy atom. The van der Waals surface area contributed by atoms with E-state index in [1.165, 1.54) is 0 Å². The zero-order chi connectivity index (χ0) is 12.7. The molecule has 0 aliphatic carbocycles. The molecule has 0 spiro atoms. The summed E-state index contributed by atoms with van der Waals surface area (Å²) in [4.78, 5) is 11.7. The molecule has 0 heterocycles. The number of hydrogen-bond acceptors (Lipinski definition) is 3. The quantitative estimate of drug-likeness (QED) is 0.813. The highest BCUT2D eigenvalue weighted by Crippen LogP contribution is 2.17. The molecule has 1 amide bonds. The Kier molecular flexibility index (Phi) is 5.49. The Bertz CT molecular complexity index is 365. The maximum atomic E-state index is 11.7. The minimum absolute atomic E-state index is 0.0159. The van der Waals surface area contributed by atoms with E-state index in [9.17, 15) is 4.79 Å². The number of ether oxygens (including phenoxy) is 2. The summed E-state index contributed by atoms with van der Waals surface area (Å²) >= 11 is 0. The van der Waals surface area contributed by atoms with Gasteiger partial charge < -0.3 is 14.8 Å². The second-order valence-electron chi connectivity index (χ2n) is 3.91. The maximum absolute atomic E-state index is 11.7. The molecule has 0 saturated carbocycles. The van der Waals surface area contributed by atoms with Crippen molar-refractivity contribution in [2.24, 2.45) is 0 Å². The van der Waals surface area contributed by atoms with Crippen molar-refractivity contribution < 1.29 is 14.3 Å². The predicted octanol–water partition coefficient (Wildman–Crippen LogP) is 1.39. The van der Waals surface area contributed by atoms with Crippen molar-refractivity contribution in [1.29, 1.82) is 0 Å². The van der Waals surface area contributed by atoms with Gasteiger partial charge in [-0.1, -0.05) is 18.2 Å². The molecule has 1 unspecified atom stereocenters. The molecule has 1 aromatic carbocycles. The van der Waals surface area contributed by atoms with E-state index in [-0.39, 0.29) is 11.9 Å². The van der Waals surface area contributed by atoms with Gasteiger partial charge in [-0.3, -0.25) is 4.79 Å². The van der Waals surface area contributed by atoms with Crippen LogP contribution in [0.1, 0.15) is 12.5 Å². The number of carbonyl (C=O) groups excluding carboxylic acids is 1. The van der Waals surface area contributed by atoms with E-state index in [0.717, 1.165) is 11.3 Å². The Hall–Kier alpha value is -1.55. The zero-order valence-electron chi connectivity index (χ0n) is 10.5. The Morgan fingerprint density at radius 1 is 1.35 bits per heavy atom. The minimum Gasteiger partial charge on any atom is -0.496 e. The fraction of sp³-hybridized carbons (Fsp3) is 0.462. The number of methoxy groups -OCH3 is 2. The molecule has 1 N–H and O–H groups in total. The van der Waals surface area contributed by atoms with Crippen molar-refractivity contribution in [3.05, 3.63) is 29.8 Å². The van der Waals surface area contributed by atoms with Gasteiger partial charge in [0.15, 0.2) is 0 Å². The number of nitrogens with one attached hydrogen (secondary N) is 1. The lowest BCUT2D eigenvalue weighted by atomic mass is 10.1. The summed E-state index contributed by atoms with van der Waals surface area (Å²) in [6.07, 6.45) is 0.318. The van der Waals surface area contributed by atoms with E-state index in [4.69, 9.17) is 9.47 Å². The molecule has 17 heavy (non-hydrogen) atoms. The van der Waals surface area contributed by atoms with Crippen LogP contribution in [0.3, 0.4) is 0 Å². The Labute approximate surface area is 102 Å². The molecule has 0 aromatic heterocycles. The second kappa shape index (κ2) is 6.91. The largest absolute Gasteiger partial charge is 0.496 e. The second-order valence-corrected chi connectivity index (χ2v) is 3.91. The van der Waals surface area contributed by atoms with Crippen LogP contribution >= 0.6 is 0 Å². The summed E-state index contributed by atoms with van der Waals surface area (Å²) in [6, 6.07) is 7.53. The van der Waals surface area contributed by atoms with Crippen molar-refractivity contribution >= 4 is 5.91 Å². The molecule has 0 bridgehead atoms. The van der Waals surface area contributed by atoms with Crippen molar-refractivity contribution in [2.75, 3.05) is 20.8 Å². The average molecular weight is 237 g/mol. The van der Waals surface area contributed by atoms with Crippen molar-refractivity contribution in [3.63, 3.8) is 0 Å². The summed E-state index contributed by atoms with van der Waals surface area (Å²) in [6.45, 7) is 2.42. The first-order valence-corrected chi connectivity index (χ1v) is 5.57. The molecule has 0 aliphatic rings. The minimum atomic E-state index is -0.0287.